The van der Waals surface area contributed by atoms with Crippen LogP contribution in [0.4, 0.5) is 0 Å². The quantitative estimate of drug-likeness (QED) is 0.913. The third-order valence-electron chi connectivity index (χ3n) is 4.65. The zero-order valence-electron chi connectivity index (χ0n) is 12.4. The number of carbonyl (C=O) groups is 1. The second kappa shape index (κ2) is 5.25. The molecule has 0 radical (unpaired) electrons. The number of benzene rings is 1. The van der Waals surface area contributed by atoms with Crippen molar-refractivity contribution in [1.82, 2.24) is 14.8 Å². The number of rotatable bonds is 2. The summed E-state index contributed by atoms with van der Waals surface area (Å²) in [5.74, 6) is -0.0299. The molecule has 2 fully saturated rings. The first-order chi connectivity index (χ1) is 10.7. The van der Waals surface area contributed by atoms with Crippen LogP contribution in [0.15, 0.2) is 35.1 Å². The number of pyridine rings is 1. The molecule has 2 aromatic rings. The molecule has 1 aliphatic carbocycles. The summed E-state index contributed by atoms with van der Waals surface area (Å²) in [6.45, 7) is 3.38. The molecule has 1 amide bonds. The zero-order chi connectivity index (χ0) is 15.1. The number of aromatic amines is 1. The fourth-order valence-corrected chi connectivity index (χ4v) is 3.28. The minimum absolute atomic E-state index is 0.0299. The first-order valence-corrected chi connectivity index (χ1v) is 7.88. The van der Waals surface area contributed by atoms with Crippen LogP contribution in [-0.2, 0) is 0 Å². The molecule has 5 nitrogen and oxygen atoms in total. The number of nitrogens with zero attached hydrogens (tertiary/aromatic N) is 2. The maximum absolute atomic E-state index is 12.8. The highest BCUT2D eigenvalue weighted by Gasteiger charge is 2.32. The summed E-state index contributed by atoms with van der Waals surface area (Å²) < 4.78 is 0. The van der Waals surface area contributed by atoms with Crippen LogP contribution in [0.1, 0.15) is 23.2 Å². The molecule has 22 heavy (non-hydrogen) atoms. The molecule has 4 rings (SSSR count). The molecule has 1 aliphatic heterocycles. The van der Waals surface area contributed by atoms with Crippen LogP contribution in [0.5, 0.6) is 0 Å². The Hall–Kier alpha value is -2.14. The van der Waals surface area contributed by atoms with Gasteiger partial charge in [0, 0.05) is 49.2 Å². The number of piperazine rings is 1. The number of H-pyrrole nitrogens is 1. The molecule has 5 heteroatoms. The Morgan fingerprint density at radius 3 is 2.55 bits per heavy atom. The molecule has 1 N–H and O–H groups in total. The van der Waals surface area contributed by atoms with E-state index < -0.39 is 0 Å². The normalized spacial score (nSPS) is 19.5. The first kappa shape index (κ1) is 13.5. The van der Waals surface area contributed by atoms with Crippen LogP contribution in [0.2, 0.25) is 0 Å². The molecule has 0 unspecified atom stereocenters. The van der Waals surface area contributed by atoms with Gasteiger partial charge in [0.2, 0.25) is 5.56 Å². The Bertz CT molecular complexity index is 771. The molecule has 2 heterocycles. The smallest absolute Gasteiger partial charge is 0.254 e. The van der Waals surface area contributed by atoms with Gasteiger partial charge < -0.3 is 9.88 Å². The van der Waals surface area contributed by atoms with Crippen molar-refractivity contribution in [2.45, 2.75) is 18.9 Å². The molecule has 1 saturated heterocycles. The molecule has 1 saturated carbocycles. The Kier molecular flexibility index (Phi) is 3.22. The highest BCUT2D eigenvalue weighted by Crippen LogP contribution is 2.27. The van der Waals surface area contributed by atoms with E-state index in [0.717, 1.165) is 43.1 Å². The standard InChI is InChI=1S/C17H19N3O2/c21-16-11-14(13-3-1-2-4-15(13)18-16)17(22)20-9-7-19(8-10-20)12-5-6-12/h1-4,11-12H,5-10H2,(H,18,21). The predicted octanol–water partition coefficient (Wildman–Crippen LogP) is 1.45. The molecule has 1 aromatic carbocycles. The number of aromatic nitrogens is 1. The van der Waals surface area contributed by atoms with Crippen molar-refractivity contribution in [3.63, 3.8) is 0 Å². The Morgan fingerprint density at radius 2 is 1.82 bits per heavy atom. The van der Waals surface area contributed by atoms with Crippen molar-refractivity contribution in [2.24, 2.45) is 0 Å². The van der Waals surface area contributed by atoms with Crippen LogP contribution in [0, 0.1) is 0 Å². The van der Waals surface area contributed by atoms with Crippen molar-refractivity contribution < 1.29 is 4.79 Å². The van der Waals surface area contributed by atoms with Gasteiger partial charge in [-0.05, 0) is 18.9 Å². The van der Waals surface area contributed by atoms with Gasteiger partial charge in [0.25, 0.3) is 5.91 Å². The van der Waals surface area contributed by atoms with Crippen LogP contribution >= 0.6 is 0 Å². The van der Waals surface area contributed by atoms with Crippen molar-refractivity contribution in [1.29, 1.82) is 0 Å². The van der Waals surface area contributed by atoms with Gasteiger partial charge in [-0.15, -0.1) is 0 Å². The van der Waals surface area contributed by atoms with Crippen molar-refractivity contribution >= 4 is 16.8 Å². The van der Waals surface area contributed by atoms with Gasteiger partial charge in [0.1, 0.15) is 0 Å². The van der Waals surface area contributed by atoms with Gasteiger partial charge in [-0.1, -0.05) is 18.2 Å². The maximum Gasteiger partial charge on any atom is 0.254 e. The summed E-state index contributed by atoms with van der Waals surface area (Å²) in [6.07, 6.45) is 2.60. The second-order valence-electron chi connectivity index (χ2n) is 6.15. The number of amides is 1. The van der Waals surface area contributed by atoms with Gasteiger partial charge in [0.05, 0.1) is 5.56 Å². The largest absolute Gasteiger partial charge is 0.336 e. The predicted molar refractivity (Wildman–Crippen MR) is 85.1 cm³/mol. The van der Waals surface area contributed by atoms with Gasteiger partial charge >= 0.3 is 0 Å². The fraction of sp³-hybridized carbons (Fsp3) is 0.412. The van der Waals surface area contributed by atoms with E-state index in [1.807, 2.05) is 29.2 Å². The molecule has 2 aliphatic rings. The van der Waals surface area contributed by atoms with E-state index in [4.69, 9.17) is 0 Å². The second-order valence-corrected chi connectivity index (χ2v) is 6.15. The van der Waals surface area contributed by atoms with Crippen LogP contribution in [0.3, 0.4) is 0 Å². The molecule has 0 bridgehead atoms. The molecule has 114 valence electrons. The third kappa shape index (κ3) is 2.41. The van der Waals surface area contributed by atoms with E-state index in [1.165, 1.54) is 18.9 Å². The molecular weight excluding hydrogens is 278 g/mol. The number of carbonyl (C=O) groups excluding carboxylic acids is 1. The molecule has 0 atom stereocenters. The summed E-state index contributed by atoms with van der Waals surface area (Å²) >= 11 is 0. The summed E-state index contributed by atoms with van der Waals surface area (Å²) in [4.78, 5) is 31.7. The lowest BCUT2D eigenvalue weighted by atomic mass is 10.1. The van der Waals surface area contributed by atoms with Crippen LogP contribution in [0.25, 0.3) is 10.9 Å². The lowest BCUT2D eigenvalue weighted by molar-refractivity contribution is 0.0629. The van der Waals surface area contributed by atoms with Gasteiger partial charge in [-0.3, -0.25) is 14.5 Å². The third-order valence-corrected chi connectivity index (χ3v) is 4.65. The number of para-hydroxylation sites is 1. The van der Waals surface area contributed by atoms with Crippen molar-refractivity contribution in [3.8, 4) is 0 Å². The van der Waals surface area contributed by atoms with Crippen LogP contribution in [-0.4, -0.2) is 52.9 Å². The van der Waals surface area contributed by atoms with Crippen molar-refractivity contribution in [2.75, 3.05) is 26.2 Å². The van der Waals surface area contributed by atoms with E-state index >= 15 is 0 Å². The Balaban J connectivity index is 1.61. The van der Waals surface area contributed by atoms with Crippen LogP contribution < -0.4 is 5.56 Å². The number of hydrogen-bond donors (Lipinski definition) is 1. The topological polar surface area (TPSA) is 56.4 Å². The average molecular weight is 297 g/mol. The minimum Gasteiger partial charge on any atom is -0.336 e. The van der Waals surface area contributed by atoms with Crippen molar-refractivity contribution in [3.05, 3.63) is 46.2 Å². The highest BCUT2D eigenvalue weighted by atomic mass is 16.2. The van der Waals surface area contributed by atoms with Gasteiger partial charge in [-0.25, -0.2) is 0 Å². The number of fused-ring (bicyclic) bond motifs is 1. The van der Waals surface area contributed by atoms with E-state index in [9.17, 15) is 9.59 Å². The van der Waals surface area contributed by atoms with Gasteiger partial charge in [-0.2, -0.15) is 0 Å². The number of hydrogen-bond acceptors (Lipinski definition) is 3. The van der Waals surface area contributed by atoms with Gasteiger partial charge in [0.15, 0.2) is 0 Å². The molecule has 0 spiro atoms. The Morgan fingerprint density at radius 1 is 1.09 bits per heavy atom. The lowest BCUT2D eigenvalue weighted by Gasteiger charge is -2.35. The first-order valence-electron chi connectivity index (χ1n) is 7.88. The summed E-state index contributed by atoms with van der Waals surface area (Å²) in [5.41, 5.74) is 1.01. The van der Waals surface area contributed by atoms with E-state index in [1.54, 1.807) is 0 Å². The molecule has 1 aromatic heterocycles. The van der Waals surface area contributed by atoms with E-state index in [-0.39, 0.29) is 11.5 Å². The number of nitrogens with one attached hydrogen (secondary N) is 1. The maximum atomic E-state index is 12.8. The highest BCUT2D eigenvalue weighted by molar-refractivity contribution is 6.05. The monoisotopic (exact) mass is 297 g/mol. The summed E-state index contributed by atoms with van der Waals surface area (Å²) in [6, 6.07) is 9.65. The average Bonchev–Trinajstić information content (AvgIpc) is 3.38. The minimum atomic E-state index is -0.223. The summed E-state index contributed by atoms with van der Waals surface area (Å²) in [5, 5.41) is 0.816. The van der Waals surface area contributed by atoms with E-state index in [0.29, 0.717) is 5.56 Å². The Labute approximate surface area is 128 Å². The molecular formula is C17H19N3O2. The van der Waals surface area contributed by atoms with E-state index in [2.05, 4.69) is 9.88 Å². The SMILES string of the molecule is O=C(c1cc(=O)[nH]c2ccccc12)N1CCN(C2CC2)CC1. The zero-order valence-corrected chi connectivity index (χ0v) is 12.4. The fourth-order valence-electron chi connectivity index (χ4n) is 3.28. The summed E-state index contributed by atoms with van der Waals surface area (Å²) in [7, 11) is 0. The lowest BCUT2D eigenvalue weighted by Crippen LogP contribution is -2.49.